The van der Waals surface area contributed by atoms with Crippen LogP contribution in [-0.2, 0) is 13.0 Å². The molecular weight excluding hydrogens is 280 g/mol. The van der Waals surface area contributed by atoms with Crippen LogP contribution in [0.3, 0.4) is 0 Å². The Morgan fingerprint density at radius 2 is 2.05 bits per heavy atom. The number of aryl methyl sites for hydroxylation is 1. The van der Waals surface area contributed by atoms with Crippen molar-refractivity contribution in [2.24, 2.45) is 0 Å². The third kappa shape index (κ3) is 1.77. The van der Waals surface area contributed by atoms with Gasteiger partial charge in [0.1, 0.15) is 5.82 Å². The molecule has 7 heteroatoms. The average Bonchev–Trinajstić information content (AvgIpc) is 3.09. The zero-order chi connectivity index (χ0) is 14.6. The number of aromatic nitrogens is 3. The van der Waals surface area contributed by atoms with E-state index in [1.807, 2.05) is 0 Å². The number of hydrogen-bond acceptors (Lipinski definition) is 4. The molecule has 5 nitrogen and oxygen atoms in total. The first-order chi connectivity index (χ1) is 10.1. The van der Waals surface area contributed by atoms with E-state index in [0.29, 0.717) is 18.8 Å². The van der Waals surface area contributed by atoms with Crippen LogP contribution < -0.4 is 5.56 Å². The van der Waals surface area contributed by atoms with Gasteiger partial charge in [0.2, 0.25) is 5.89 Å². The number of fused-ring (bicyclic) bond motifs is 2. The van der Waals surface area contributed by atoms with E-state index in [0.717, 1.165) is 18.6 Å². The van der Waals surface area contributed by atoms with Crippen LogP contribution in [-0.4, -0.2) is 14.5 Å². The Kier molecular flexibility index (Phi) is 2.44. The van der Waals surface area contributed by atoms with E-state index in [-0.39, 0.29) is 28.2 Å². The fourth-order valence-electron chi connectivity index (χ4n) is 2.52. The highest BCUT2D eigenvalue weighted by molar-refractivity contribution is 5.71. The molecule has 0 N–H and O–H groups in total. The van der Waals surface area contributed by atoms with Crippen molar-refractivity contribution in [2.75, 3.05) is 0 Å². The molecule has 0 saturated heterocycles. The highest BCUT2D eigenvalue weighted by atomic mass is 19.2. The van der Waals surface area contributed by atoms with Gasteiger partial charge in [-0.3, -0.25) is 9.36 Å². The summed E-state index contributed by atoms with van der Waals surface area (Å²) in [5.41, 5.74) is 0.245. The third-order valence-corrected chi connectivity index (χ3v) is 3.55. The summed E-state index contributed by atoms with van der Waals surface area (Å²) in [6.45, 7) is 0.616. The van der Waals surface area contributed by atoms with Gasteiger partial charge in [-0.2, -0.15) is 4.98 Å². The normalized spacial score (nSPS) is 13.8. The van der Waals surface area contributed by atoms with Crippen LogP contribution in [0.1, 0.15) is 12.2 Å². The molecule has 0 spiro atoms. The average molecular weight is 289 g/mol. The Hall–Kier alpha value is -2.57. The summed E-state index contributed by atoms with van der Waals surface area (Å²) in [6.07, 6.45) is 1.58. The van der Waals surface area contributed by atoms with Crippen LogP contribution in [0.15, 0.2) is 27.4 Å². The molecule has 21 heavy (non-hydrogen) atoms. The number of hydrogen-bond donors (Lipinski definition) is 0. The van der Waals surface area contributed by atoms with Crippen molar-refractivity contribution in [1.29, 1.82) is 0 Å². The lowest BCUT2D eigenvalue weighted by molar-refractivity contribution is 0.508. The first-order valence-electron chi connectivity index (χ1n) is 6.49. The predicted molar refractivity (Wildman–Crippen MR) is 69.7 cm³/mol. The Labute approximate surface area is 116 Å². The van der Waals surface area contributed by atoms with Gasteiger partial charge in [-0.05, 0) is 24.6 Å². The molecule has 3 heterocycles. The summed E-state index contributed by atoms with van der Waals surface area (Å²) in [5, 5.41) is 0. The van der Waals surface area contributed by atoms with Gasteiger partial charge in [-0.25, -0.2) is 13.8 Å². The smallest absolute Gasteiger partial charge is 0.283 e. The van der Waals surface area contributed by atoms with Gasteiger partial charge in [0.25, 0.3) is 11.3 Å². The maximum absolute atomic E-state index is 13.3. The molecule has 1 aliphatic heterocycles. The molecule has 0 saturated carbocycles. The van der Waals surface area contributed by atoms with Crippen LogP contribution in [0, 0.1) is 11.6 Å². The molecule has 2 aromatic heterocycles. The standard InChI is InChI=1S/C14H9F2N3O2/c15-8-4-3-7(6-9(8)16)12-18-11-13(21-12)17-10-2-1-5-19(10)14(11)20/h3-4,6H,1-2,5H2. The van der Waals surface area contributed by atoms with Crippen LogP contribution in [0.2, 0.25) is 0 Å². The van der Waals surface area contributed by atoms with Crippen molar-refractivity contribution in [3.8, 4) is 11.5 Å². The van der Waals surface area contributed by atoms with Crippen LogP contribution in [0.5, 0.6) is 0 Å². The summed E-state index contributed by atoms with van der Waals surface area (Å²) in [6, 6.07) is 3.31. The van der Waals surface area contributed by atoms with E-state index in [9.17, 15) is 13.6 Å². The molecule has 106 valence electrons. The SMILES string of the molecule is O=c1c2nc(-c3ccc(F)c(F)c3)oc2nc2n1CCC2. The van der Waals surface area contributed by atoms with Crippen molar-refractivity contribution in [2.45, 2.75) is 19.4 Å². The minimum absolute atomic E-state index is 0.0535. The second-order valence-electron chi connectivity index (χ2n) is 4.89. The summed E-state index contributed by atoms with van der Waals surface area (Å²) < 4.78 is 33.2. The van der Waals surface area contributed by atoms with Gasteiger partial charge < -0.3 is 4.42 Å². The third-order valence-electron chi connectivity index (χ3n) is 3.55. The van der Waals surface area contributed by atoms with Gasteiger partial charge in [0.15, 0.2) is 17.2 Å². The Balaban J connectivity index is 1.93. The molecule has 0 radical (unpaired) electrons. The van der Waals surface area contributed by atoms with Crippen molar-refractivity contribution < 1.29 is 13.2 Å². The summed E-state index contributed by atoms with van der Waals surface area (Å²) >= 11 is 0. The zero-order valence-corrected chi connectivity index (χ0v) is 10.8. The van der Waals surface area contributed by atoms with E-state index < -0.39 is 11.6 Å². The highest BCUT2D eigenvalue weighted by Crippen LogP contribution is 2.24. The van der Waals surface area contributed by atoms with Crippen LogP contribution in [0.4, 0.5) is 8.78 Å². The lowest BCUT2D eigenvalue weighted by Crippen LogP contribution is -2.20. The van der Waals surface area contributed by atoms with E-state index in [2.05, 4.69) is 9.97 Å². The second-order valence-corrected chi connectivity index (χ2v) is 4.89. The molecule has 0 unspecified atom stereocenters. The topological polar surface area (TPSA) is 60.9 Å². The van der Waals surface area contributed by atoms with Gasteiger partial charge in [-0.1, -0.05) is 0 Å². The summed E-state index contributed by atoms with van der Waals surface area (Å²) in [4.78, 5) is 20.6. The minimum atomic E-state index is -0.998. The monoisotopic (exact) mass is 289 g/mol. The van der Waals surface area contributed by atoms with Crippen LogP contribution in [0.25, 0.3) is 22.7 Å². The Bertz CT molecular complexity index is 930. The van der Waals surface area contributed by atoms with Crippen molar-refractivity contribution >= 4 is 11.2 Å². The molecule has 4 rings (SSSR count). The molecule has 0 bridgehead atoms. The second kappa shape index (κ2) is 4.21. The number of rotatable bonds is 1. The van der Waals surface area contributed by atoms with E-state index >= 15 is 0 Å². The lowest BCUT2D eigenvalue weighted by atomic mass is 10.2. The maximum atomic E-state index is 13.3. The fraction of sp³-hybridized carbons (Fsp3) is 0.214. The van der Waals surface area contributed by atoms with Gasteiger partial charge >= 0.3 is 0 Å². The summed E-state index contributed by atoms with van der Waals surface area (Å²) in [5.74, 6) is -1.23. The summed E-state index contributed by atoms with van der Waals surface area (Å²) in [7, 11) is 0. The molecule has 1 aromatic carbocycles. The first kappa shape index (κ1) is 12.2. The van der Waals surface area contributed by atoms with E-state index in [4.69, 9.17) is 4.42 Å². The van der Waals surface area contributed by atoms with Gasteiger partial charge in [-0.15, -0.1) is 0 Å². The number of benzene rings is 1. The molecular formula is C14H9F2N3O2. The lowest BCUT2D eigenvalue weighted by Gasteiger charge is -1.98. The molecule has 3 aromatic rings. The number of oxazole rings is 1. The molecule has 0 aliphatic carbocycles. The predicted octanol–water partition coefficient (Wildman–Crippen LogP) is 2.28. The van der Waals surface area contributed by atoms with Crippen molar-refractivity contribution in [1.82, 2.24) is 14.5 Å². The Morgan fingerprint density at radius 3 is 2.86 bits per heavy atom. The maximum Gasteiger partial charge on any atom is 0.283 e. The number of halogens is 2. The zero-order valence-electron chi connectivity index (χ0n) is 10.8. The van der Waals surface area contributed by atoms with E-state index in [1.165, 1.54) is 6.07 Å². The first-order valence-corrected chi connectivity index (χ1v) is 6.49. The van der Waals surface area contributed by atoms with E-state index in [1.54, 1.807) is 4.57 Å². The highest BCUT2D eigenvalue weighted by Gasteiger charge is 2.21. The quantitative estimate of drug-likeness (QED) is 0.689. The minimum Gasteiger partial charge on any atom is -0.417 e. The Morgan fingerprint density at radius 1 is 1.19 bits per heavy atom. The molecule has 1 aliphatic rings. The van der Waals surface area contributed by atoms with Gasteiger partial charge in [0, 0.05) is 18.5 Å². The van der Waals surface area contributed by atoms with Crippen molar-refractivity contribution in [3.63, 3.8) is 0 Å². The molecule has 0 atom stereocenters. The number of nitrogens with zero attached hydrogens (tertiary/aromatic N) is 3. The fourth-order valence-corrected chi connectivity index (χ4v) is 2.52. The van der Waals surface area contributed by atoms with Gasteiger partial charge in [0.05, 0.1) is 0 Å². The largest absolute Gasteiger partial charge is 0.417 e. The van der Waals surface area contributed by atoms with Crippen molar-refractivity contribution in [3.05, 3.63) is 46.0 Å². The van der Waals surface area contributed by atoms with Crippen LogP contribution >= 0.6 is 0 Å². The molecule has 0 fully saturated rings. The molecule has 0 amide bonds.